The van der Waals surface area contributed by atoms with Crippen molar-refractivity contribution in [2.75, 3.05) is 13.1 Å². The van der Waals surface area contributed by atoms with Crippen molar-refractivity contribution in [3.63, 3.8) is 0 Å². The Balaban J connectivity index is 3.27. The number of hydrogen-bond donors (Lipinski definition) is 2. The largest absolute Gasteiger partial charge is 0.313 e. The van der Waals surface area contributed by atoms with Crippen LogP contribution in [0.2, 0.25) is 0 Å². The smallest absolute Gasteiger partial charge is 0.00793 e. The summed E-state index contributed by atoms with van der Waals surface area (Å²) in [6.07, 6.45) is 10.8. The summed E-state index contributed by atoms with van der Waals surface area (Å²) in [5.74, 6) is 0. The third kappa shape index (κ3) is 12.4. The van der Waals surface area contributed by atoms with Crippen LogP contribution in [0.3, 0.4) is 0 Å². The molecule has 0 radical (unpaired) electrons. The van der Waals surface area contributed by atoms with Crippen LogP contribution >= 0.6 is 0 Å². The molecule has 0 aromatic rings. The molecule has 0 spiro atoms. The van der Waals surface area contributed by atoms with Crippen molar-refractivity contribution in [2.24, 2.45) is 0 Å². The van der Waals surface area contributed by atoms with E-state index in [2.05, 4.69) is 38.3 Å². The minimum Gasteiger partial charge on any atom is -0.313 e. The van der Waals surface area contributed by atoms with Gasteiger partial charge in [-0.3, -0.25) is 0 Å². The Morgan fingerprint density at radius 2 is 1.06 bits per heavy atom. The van der Waals surface area contributed by atoms with Crippen LogP contribution in [-0.4, -0.2) is 25.2 Å². The molecule has 110 valence electrons. The maximum atomic E-state index is 3.60. The predicted octanol–water partition coefficient (Wildman–Crippen LogP) is 4.10. The zero-order chi connectivity index (χ0) is 13.6. The van der Waals surface area contributed by atoms with Crippen LogP contribution in [0.25, 0.3) is 0 Å². The van der Waals surface area contributed by atoms with Crippen molar-refractivity contribution in [2.45, 2.75) is 91.1 Å². The Kier molecular flexibility index (Phi) is 13.3. The van der Waals surface area contributed by atoms with Crippen LogP contribution in [-0.2, 0) is 0 Å². The minimum absolute atomic E-state index is 0.675. The van der Waals surface area contributed by atoms with Gasteiger partial charge in [-0.25, -0.2) is 0 Å². The molecule has 0 aromatic heterocycles. The molecule has 0 bridgehead atoms. The van der Waals surface area contributed by atoms with Crippen LogP contribution in [0.5, 0.6) is 0 Å². The van der Waals surface area contributed by atoms with E-state index in [4.69, 9.17) is 0 Å². The quantitative estimate of drug-likeness (QED) is 0.485. The summed E-state index contributed by atoms with van der Waals surface area (Å²) >= 11 is 0. The zero-order valence-electron chi connectivity index (χ0n) is 13.2. The van der Waals surface area contributed by atoms with E-state index in [9.17, 15) is 0 Å². The Morgan fingerprint density at radius 1 is 0.667 bits per heavy atom. The normalized spacial score (nSPS) is 14.7. The van der Waals surface area contributed by atoms with Gasteiger partial charge < -0.3 is 10.6 Å². The van der Waals surface area contributed by atoms with Crippen LogP contribution in [0.1, 0.15) is 79.1 Å². The van der Waals surface area contributed by atoms with Gasteiger partial charge in [0.2, 0.25) is 0 Å². The summed E-state index contributed by atoms with van der Waals surface area (Å²) in [6.45, 7) is 11.3. The zero-order valence-corrected chi connectivity index (χ0v) is 13.2. The standard InChI is InChI=1S/C16H36N2/c1-5-7-9-11-15(3)17-13-14-18-16(4)12-10-8-6-2/h15-18H,5-14H2,1-4H3/t15-,16-/m1/s1. The lowest BCUT2D eigenvalue weighted by atomic mass is 10.1. The first kappa shape index (κ1) is 17.9. The lowest BCUT2D eigenvalue weighted by Gasteiger charge is -2.16. The Bertz CT molecular complexity index is 141. The van der Waals surface area contributed by atoms with Gasteiger partial charge in [0, 0.05) is 25.2 Å². The van der Waals surface area contributed by atoms with E-state index >= 15 is 0 Å². The van der Waals surface area contributed by atoms with Gasteiger partial charge in [0.15, 0.2) is 0 Å². The van der Waals surface area contributed by atoms with Crippen LogP contribution < -0.4 is 10.6 Å². The molecule has 0 heterocycles. The number of hydrogen-bond acceptors (Lipinski definition) is 2. The lowest BCUT2D eigenvalue weighted by Crippen LogP contribution is -2.36. The molecule has 0 aliphatic heterocycles. The molecule has 0 saturated heterocycles. The van der Waals surface area contributed by atoms with E-state index in [-0.39, 0.29) is 0 Å². The minimum atomic E-state index is 0.675. The van der Waals surface area contributed by atoms with Gasteiger partial charge in [0.05, 0.1) is 0 Å². The molecule has 0 aliphatic rings. The highest BCUT2D eigenvalue weighted by molar-refractivity contribution is 4.65. The summed E-state index contributed by atoms with van der Waals surface area (Å²) in [6, 6.07) is 1.35. The van der Waals surface area contributed by atoms with Gasteiger partial charge in [0.1, 0.15) is 0 Å². The summed E-state index contributed by atoms with van der Waals surface area (Å²) in [5.41, 5.74) is 0. The fourth-order valence-corrected chi connectivity index (χ4v) is 2.24. The third-order valence-electron chi connectivity index (χ3n) is 3.59. The van der Waals surface area contributed by atoms with E-state index in [1.165, 1.54) is 51.4 Å². The molecule has 2 heteroatoms. The third-order valence-corrected chi connectivity index (χ3v) is 3.59. The monoisotopic (exact) mass is 256 g/mol. The molecular weight excluding hydrogens is 220 g/mol. The highest BCUT2D eigenvalue weighted by atomic mass is 15.0. The second kappa shape index (κ2) is 13.4. The van der Waals surface area contributed by atoms with Crippen molar-refractivity contribution in [3.8, 4) is 0 Å². The number of rotatable bonds is 13. The van der Waals surface area contributed by atoms with Crippen molar-refractivity contribution >= 4 is 0 Å². The number of nitrogens with one attached hydrogen (secondary N) is 2. The molecule has 2 N–H and O–H groups in total. The van der Waals surface area contributed by atoms with Crippen molar-refractivity contribution in [3.05, 3.63) is 0 Å². The topological polar surface area (TPSA) is 24.1 Å². The summed E-state index contributed by atoms with van der Waals surface area (Å²) < 4.78 is 0. The lowest BCUT2D eigenvalue weighted by molar-refractivity contribution is 0.447. The Morgan fingerprint density at radius 3 is 1.39 bits per heavy atom. The van der Waals surface area contributed by atoms with E-state index in [0.717, 1.165) is 13.1 Å². The SMILES string of the molecule is CCCCC[C@@H](C)NCCN[C@H](C)CCCCC. The second-order valence-corrected chi connectivity index (χ2v) is 5.70. The molecule has 18 heavy (non-hydrogen) atoms. The van der Waals surface area contributed by atoms with E-state index < -0.39 is 0 Å². The number of unbranched alkanes of at least 4 members (excludes halogenated alkanes) is 4. The molecular formula is C16H36N2. The molecule has 0 unspecified atom stereocenters. The maximum Gasteiger partial charge on any atom is 0.00793 e. The first-order chi connectivity index (χ1) is 8.70. The van der Waals surface area contributed by atoms with Gasteiger partial charge in [-0.1, -0.05) is 52.4 Å². The average Bonchev–Trinajstić information content (AvgIpc) is 2.35. The summed E-state index contributed by atoms with van der Waals surface area (Å²) in [5, 5.41) is 7.20. The van der Waals surface area contributed by atoms with E-state index in [0.29, 0.717) is 12.1 Å². The van der Waals surface area contributed by atoms with Gasteiger partial charge in [0.25, 0.3) is 0 Å². The molecule has 2 nitrogen and oxygen atoms in total. The van der Waals surface area contributed by atoms with Crippen LogP contribution in [0.4, 0.5) is 0 Å². The fraction of sp³-hybridized carbons (Fsp3) is 1.00. The van der Waals surface area contributed by atoms with Crippen molar-refractivity contribution < 1.29 is 0 Å². The van der Waals surface area contributed by atoms with Gasteiger partial charge in [-0.05, 0) is 26.7 Å². The van der Waals surface area contributed by atoms with Gasteiger partial charge in [-0.2, -0.15) is 0 Å². The summed E-state index contributed by atoms with van der Waals surface area (Å²) in [4.78, 5) is 0. The van der Waals surface area contributed by atoms with Crippen molar-refractivity contribution in [1.82, 2.24) is 10.6 Å². The molecule has 0 aromatic carbocycles. The Hall–Kier alpha value is -0.0800. The van der Waals surface area contributed by atoms with Crippen LogP contribution in [0.15, 0.2) is 0 Å². The Labute approximate surface area is 115 Å². The molecule has 0 fully saturated rings. The molecule has 0 rings (SSSR count). The molecule has 0 saturated carbocycles. The molecule has 0 aliphatic carbocycles. The van der Waals surface area contributed by atoms with Crippen molar-refractivity contribution in [1.29, 1.82) is 0 Å². The van der Waals surface area contributed by atoms with E-state index in [1.807, 2.05) is 0 Å². The predicted molar refractivity (Wildman–Crippen MR) is 83.2 cm³/mol. The van der Waals surface area contributed by atoms with Gasteiger partial charge >= 0.3 is 0 Å². The van der Waals surface area contributed by atoms with E-state index in [1.54, 1.807) is 0 Å². The fourth-order valence-electron chi connectivity index (χ4n) is 2.24. The maximum absolute atomic E-state index is 3.60. The highest BCUT2D eigenvalue weighted by Crippen LogP contribution is 2.03. The highest BCUT2D eigenvalue weighted by Gasteiger charge is 2.02. The van der Waals surface area contributed by atoms with Gasteiger partial charge in [-0.15, -0.1) is 0 Å². The van der Waals surface area contributed by atoms with Crippen LogP contribution in [0, 0.1) is 0 Å². The first-order valence-corrected chi connectivity index (χ1v) is 8.17. The first-order valence-electron chi connectivity index (χ1n) is 8.17. The second-order valence-electron chi connectivity index (χ2n) is 5.70. The molecule has 0 amide bonds. The summed E-state index contributed by atoms with van der Waals surface area (Å²) in [7, 11) is 0. The molecule has 2 atom stereocenters. The average molecular weight is 256 g/mol.